The first-order chi connectivity index (χ1) is 6.77. The number of nitrogens with two attached hydrogens (primary N) is 1. The van der Waals surface area contributed by atoms with Gasteiger partial charge in [0.25, 0.3) is 0 Å². The van der Waals surface area contributed by atoms with Gasteiger partial charge in [0, 0.05) is 12.6 Å². The summed E-state index contributed by atoms with van der Waals surface area (Å²) in [6.07, 6.45) is 4.76. The summed E-state index contributed by atoms with van der Waals surface area (Å²) < 4.78 is 0. The smallest absolute Gasteiger partial charge is 0.0434 e. The second-order valence-electron chi connectivity index (χ2n) is 4.56. The quantitative estimate of drug-likeness (QED) is 0.592. The molecule has 1 aliphatic carbocycles. The minimum atomic E-state index is 0.299. The average molecular weight is 200 g/mol. The second-order valence-corrected chi connectivity index (χ2v) is 4.56. The Bertz CT molecular complexity index is 152. The number of hydrogen-bond donors (Lipinski definition) is 3. The molecule has 3 heteroatoms. The molecular formula is C11H24N2O. The molecule has 84 valence electrons. The maximum Gasteiger partial charge on any atom is 0.0434 e. The van der Waals surface area contributed by atoms with Crippen molar-refractivity contribution >= 4 is 0 Å². The van der Waals surface area contributed by atoms with Crippen LogP contribution in [0.25, 0.3) is 0 Å². The zero-order chi connectivity index (χ0) is 10.4. The fourth-order valence-electron chi connectivity index (χ4n) is 2.26. The normalized spacial score (nSPS) is 29.4. The van der Waals surface area contributed by atoms with Crippen molar-refractivity contribution in [3.05, 3.63) is 0 Å². The summed E-state index contributed by atoms with van der Waals surface area (Å²) in [6.45, 7) is 4.30. The molecule has 0 aliphatic heterocycles. The lowest BCUT2D eigenvalue weighted by Crippen LogP contribution is -2.38. The Morgan fingerprint density at radius 3 is 2.93 bits per heavy atom. The summed E-state index contributed by atoms with van der Waals surface area (Å²) in [4.78, 5) is 0. The number of rotatable bonds is 6. The largest absolute Gasteiger partial charge is 0.396 e. The van der Waals surface area contributed by atoms with Crippen LogP contribution in [0.2, 0.25) is 0 Å². The highest BCUT2D eigenvalue weighted by Gasteiger charge is 2.25. The van der Waals surface area contributed by atoms with Crippen molar-refractivity contribution in [3.63, 3.8) is 0 Å². The van der Waals surface area contributed by atoms with Crippen LogP contribution in [0.5, 0.6) is 0 Å². The highest BCUT2D eigenvalue weighted by Crippen LogP contribution is 2.24. The van der Waals surface area contributed by atoms with Crippen LogP contribution in [0.4, 0.5) is 0 Å². The first-order valence-corrected chi connectivity index (χ1v) is 5.82. The SMILES string of the molecule is CC(CCO)CNC1CCCC1CN. The molecule has 3 nitrogen and oxygen atoms in total. The topological polar surface area (TPSA) is 58.3 Å². The minimum absolute atomic E-state index is 0.299. The first kappa shape index (κ1) is 12.0. The molecule has 0 aromatic rings. The zero-order valence-corrected chi connectivity index (χ0v) is 9.21. The fraction of sp³-hybridized carbons (Fsp3) is 1.00. The Labute approximate surface area is 87.1 Å². The van der Waals surface area contributed by atoms with Crippen molar-refractivity contribution in [1.29, 1.82) is 0 Å². The molecule has 0 spiro atoms. The lowest BCUT2D eigenvalue weighted by atomic mass is 10.0. The van der Waals surface area contributed by atoms with Gasteiger partial charge in [0.05, 0.1) is 0 Å². The number of aliphatic hydroxyl groups is 1. The van der Waals surface area contributed by atoms with E-state index in [-0.39, 0.29) is 0 Å². The molecule has 0 radical (unpaired) electrons. The van der Waals surface area contributed by atoms with E-state index in [1.807, 2.05) is 0 Å². The predicted molar refractivity (Wildman–Crippen MR) is 59.1 cm³/mol. The van der Waals surface area contributed by atoms with Gasteiger partial charge in [-0.2, -0.15) is 0 Å². The molecule has 0 bridgehead atoms. The van der Waals surface area contributed by atoms with Gasteiger partial charge >= 0.3 is 0 Å². The van der Waals surface area contributed by atoms with Gasteiger partial charge in [-0.1, -0.05) is 13.3 Å². The molecule has 0 aromatic carbocycles. The van der Waals surface area contributed by atoms with Crippen molar-refractivity contribution in [1.82, 2.24) is 5.32 Å². The first-order valence-electron chi connectivity index (χ1n) is 5.82. The highest BCUT2D eigenvalue weighted by molar-refractivity contribution is 4.83. The summed E-state index contributed by atoms with van der Waals surface area (Å²) in [6, 6.07) is 0.626. The molecule has 1 saturated carbocycles. The number of nitrogens with one attached hydrogen (secondary N) is 1. The van der Waals surface area contributed by atoms with E-state index in [2.05, 4.69) is 12.2 Å². The van der Waals surface area contributed by atoms with Gasteiger partial charge in [0.2, 0.25) is 0 Å². The Morgan fingerprint density at radius 2 is 2.29 bits per heavy atom. The molecule has 1 aliphatic rings. The molecule has 3 atom stereocenters. The van der Waals surface area contributed by atoms with Crippen molar-refractivity contribution in [2.75, 3.05) is 19.7 Å². The Balaban J connectivity index is 2.16. The number of hydrogen-bond acceptors (Lipinski definition) is 3. The third kappa shape index (κ3) is 3.56. The Morgan fingerprint density at radius 1 is 1.50 bits per heavy atom. The molecule has 0 amide bonds. The van der Waals surface area contributed by atoms with Gasteiger partial charge in [-0.05, 0) is 44.2 Å². The lowest BCUT2D eigenvalue weighted by molar-refractivity contribution is 0.255. The van der Waals surface area contributed by atoms with Gasteiger partial charge in [-0.3, -0.25) is 0 Å². The molecule has 4 N–H and O–H groups in total. The maximum absolute atomic E-state index is 8.78. The van der Waals surface area contributed by atoms with E-state index >= 15 is 0 Å². The van der Waals surface area contributed by atoms with Crippen LogP contribution in [-0.4, -0.2) is 30.8 Å². The third-order valence-corrected chi connectivity index (χ3v) is 3.31. The van der Waals surface area contributed by atoms with Crippen molar-refractivity contribution in [3.8, 4) is 0 Å². The molecule has 0 heterocycles. The summed E-state index contributed by atoms with van der Waals surface area (Å²) >= 11 is 0. The molecule has 1 fully saturated rings. The van der Waals surface area contributed by atoms with Crippen LogP contribution < -0.4 is 11.1 Å². The minimum Gasteiger partial charge on any atom is -0.396 e. The zero-order valence-electron chi connectivity index (χ0n) is 9.21. The van der Waals surface area contributed by atoms with Gasteiger partial charge < -0.3 is 16.2 Å². The van der Waals surface area contributed by atoms with E-state index in [1.165, 1.54) is 19.3 Å². The fourth-order valence-corrected chi connectivity index (χ4v) is 2.26. The molecular weight excluding hydrogens is 176 g/mol. The summed E-state index contributed by atoms with van der Waals surface area (Å²) in [5.41, 5.74) is 5.71. The van der Waals surface area contributed by atoms with Crippen LogP contribution in [-0.2, 0) is 0 Å². The molecule has 3 unspecified atom stereocenters. The van der Waals surface area contributed by atoms with Gasteiger partial charge in [0.15, 0.2) is 0 Å². The molecule has 0 saturated heterocycles. The standard InChI is InChI=1S/C11H24N2O/c1-9(5-6-14)8-13-11-4-2-3-10(11)7-12/h9-11,13-14H,2-8,12H2,1H3. The van der Waals surface area contributed by atoms with Crippen molar-refractivity contribution in [2.24, 2.45) is 17.6 Å². The monoisotopic (exact) mass is 200 g/mol. The summed E-state index contributed by atoms with van der Waals surface area (Å²) in [5.74, 6) is 1.25. The molecule has 0 aromatic heterocycles. The molecule has 14 heavy (non-hydrogen) atoms. The summed E-state index contributed by atoms with van der Waals surface area (Å²) in [7, 11) is 0. The summed E-state index contributed by atoms with van der Waals surface area (Å²) in [5, 5.41) is 12.4. The van der Waals surface area contributed by atoms with E-state index in [1.54, 1.807) is 0 Å². The van der Waals surface area contributed by atoms with Crippen LogP contribution >= 0.6 is 0 Å². The van der Waals surface area contributed by atoms with Crippen LogP contribution in [0, 0.1) is 11.8 Å². The van der Waals surface area contributed by atoms with Gasteiger partial charge in [-0.15, -0.1) is 0 Å². The van der Waals surface area contributed by atoms with E-state index in [4.69, 9.17) is 10.8 Å². The van der Waals surface area contributed by atoms with E-state index in [0.717, 1.165) is 19.5 Å². The third-order valence-electron chi connectivity index (χ3n) is 3.31. The number of aliphatic hydroxyl groups excluding tert-OH is 1. The average Bonchev–Trinajstić information content (AvgIpc) is 2.62. The van der Waals surface area contributed by atoms with Crippen LogP contribution in [0.15, 0.2) is 0 Å². The second kappa shape index (κ2) is 6.38. The molecule has 1 rings (SSSR count). The van der Waals surface area contributed by atoms with Crippen molar-refractivity contribution < 1.29 is 5.11 Å². The van der Waals surface area contributed by atoms with E-state index < -0.39 is 0 Å². The maximum atomic E-state index is 8.78. The van der Waals surface area contributed by atoms with Crippen molar-refractivity contribution in [2.45, 2.75) is 38.6 Å². The van der Waals surface area contributed by atoms with Gasteiger partial charge in [-0.25, -0.2) is 0 Å². The van der Waals surface area contributed by atoms with E-state index in [9.17, 15) is 0 Å². The van der Waals surface area contributed by atoms with Crippen LogP contribution in [0.1, 0.15) is 32.6 Å². The van der Waals surface area contributed by atoms with Crippen LogP contribution in [0.3, 0.4) is 0 Å². The Kier molecular flexibility index (Phi) is 5.45. The Hall–Kier alpha value is -0.120. The van der Waals surface area contributed by atoms with E-state index in [0.29, 0.717) is 24.5 Å². The lowest BCUT2D eigenvalue weighted by Gasteiger charge is -2.21. The van der Waals surface area contributed by atoms with Gasteiger partial charge in [0.1, 0.15) is 0 Å². The predicted octanol–water partition coefficient (Wildman–Crippen LogP) is 0.722. The highest BCUT2D eigenvalue weighted by atomic mass is 16.3.